The van der Waals surface area contributed by atoms with E-state index in [0.717, 1.165) is 45.6 Å². The average molecular weight is 395 g/mol. The predicted octanol–water partition coefficient (Wildman–Crippen LogP) is 1.55. The molecule has 0 saturated carbocycles. The second kappa shape index (κ2) is 10.6. The Labute approximate surface area is 167 Å². The van der Waals surface area contributed by atoms with Crippen LogP contribution >= 0.6 is 12.4 Å². The van der Waals surface area contributed by atoms with Gasteiger partial charge < -0.3 is 16.0 Å². The maximum Gasteiger partial charge on any atom is 0.251 e. The maximum absolute atomic E-state index is 12.2. The Morgan fingerprint density at radius 2 is 1.96 bits per heavy atom. The standard InChI is InChI=1S/C20H30N4O2.ClH/c1-21-19(25)17-8-6-15(7-9-17)13-24-11-3-4-16(14-24)12-23-20(26)18-5-2-10-22-18;/h6-9,16,18,22H,2-5,10-14H2,1H3,(H,21,25)(H,23,26);1H. The smallest absolute Gasteiger partial charge is 0.251 e. The minimum atomic E-state index is -0.0536. The van der Waals surface area contributed by atoms with E-state index in [9.17, 15) is 9.59 Å². The van der Waals surface area contributed by atoms with Gasteiger partial charge in [-0.05, 0) is 62.4 Å². The van der Waals surface area contributed by atoms with Gasteiger partial charge in [-0.25, -0.2) is 0 Å². The van der Waals surface area contributed by atoms with Crippen LogP contribution in [0, 0.1) is 5.92 Å². The lowest BCUT2D eigenvalue weighted by Crippen LogP contribution is -2.45. The molecule has 2 aliphatic rings. The average Bonchev–Trinajstić information content (AvgIpc) is 3.21. The van der Waals surface area contributed by atoms with E-state index in [4.69, 9.17) is 0 Å². The second-order valence-electron chi connectivity index (χ2n) is 7.41. The van der Waals surface area contributed by atoms with Gasteiger partial charge in [-0.2, -0.15) is 0 Å². The summed E-state index contributed by atoms with van der Waals surface area (Å²) in [6.45, 7) is 4.71. The van der Waals surface area contributed by atoms with Crippen molar-refractivity contribution >= 4 is 24.2 Å². The predicted molar refractivity (Wildman–Crippen MR) is 109 cm³/mol. The molecule has 0 radical (unpaired) electrons. The number of piperidine rings is 1. The first-order valence-corrected chi connectivity index (χ1v) is 9.70. The summed E-state index contributed by atoms with van der Waals surface area (Å²) in [5, 5.41) is 9.03. The molecule has 0 spiro atoms. The molecule has 2 aliphatic heterocycles. The zero-order valence-corrected chi connectivity index (χ0v) is 16.8. The molecule has 1 aromatic rings. The van der Waals surface area contributed by atoms with Crippen molar-refractivity contribution in [2.45, 2.75) is 38.3 Å². The van der Waals surface area contributed by atoms with Crippen LogP contribution < -0.4 is 16.0 Å². The second-order valence-corrected chi connectivity index (χ2v) is 7.41. The number of hydrogen-bond donors (Lipinski definition) is 3. The highest BCUT2D eigenvalue weighted by molar-refractivity contribution is 5.93. The van der Waals surface area contributed by atoms with Gasteiger partial charge in [0.25, 0.3) is 5.91 Å². The molecule has 2 heterocycles. The number of nitrogens with one attached hydrogen (secondary N) is 3. The Kier molecular flexibility index (Phi) is 8.54. The largest absolute Gasteiger partial charge is 0.355 e. The van der Waals surface area contributed by atoms with E-state index in [1.807, 2.05) is 24.3 Å². The third kappa shape index (κ3) is 6.19. The van der Waals surface area contributed by atoms with Crippen molar-refractivity contribution in [1.29, 1.82) is 0 Å². The summed E-state index contributed by atoms with van der Waals surface area (Å²) in [6, 6.07) is 7.83. The van der Waals surface area contributed by atoms with Crippen LogP contribution in [0.5, 0.6) is 0 Å². The summed E-state index contributed by atoms with van der Waals surface area (Å²) < 4.78 is 0. The molecular formula is C20H31ClN4O2. The molecule has 27 heavy (non-hydrogen) atoms. The molecule has 2 unspecified atom stereocenters. The molecular weight excluding hydrogens is 364 g/mol. The summed E-state index contributed by atoms with van der Waals surface area (Å²) in [7, 11) is 1.64. The molecule has 2 fully saturated rings. The minimum absolute atomic E-state index is 0. The van der Waals surface area contributed by atoms with Gasteiger partial charge in [-0.15, -0.1) is 12.4 Å². The molecule has 3 rings (SSSR count). The van der Waals surface area contributed by atoms with E-state index in [1.165, 1.54) is 18.4 Å². The van der Waals surface area contributed by atoms with Crippen molar-refractivity contribution in [3.63, 3.8) is 0 Å². The summed E-state index contributed by atoms with van der Waals surface area (Å²) in [5.74, 6) is 0.616. The molecule has 2 saturated heterocycles. The van der Waals surface area contributed by atoms with E-state index in [-0.39, 0.29) is 30.3 Å². The van der Waals surface area contributed by atoms with Gasteiger partial charge in [-0.1, -0.05) is 12.1 Å². The number of likely N-dealkylation sites (tertiary alicyclic amines) is 1. The van der Waals surface area contributed by atoms with Gasteiger partial charge in [0.2, 0.25) is 5.91 Å². The van der Waals surface area contributed by atoms with Crippen LogP contribution in [0.2, 0.25) is 0 Å². The number of benzene rings is 1. The van der Waals surface area contributed by atoms with E-state index >= 15 is 0 Å². The lowest BCUT2D eigenvalue weighted by molar-refractivity contribution is -0.123. The maximum atomic E-state index is 12.2. The molecule has 150 valence electrons. The summed E-state index contributed by atoms with van der Waals surface area (Å²) >= 11 is 0. The lowest BCUT2D eigenvalue weighted by atomic mass is 9.97. The molecule has 7 heteroatoms. The molecule has 6 nitrogen and oxygen atoms in total. The first-order chi connectivity index (χ1) is 12.7. The quantitative estimate of drug-likeness (QED) is 0.684. The van der Waals surface area contributed by atoms with Gasteiger partial charge in [0.05, 0.1) is 6.04 Å². The first kappa shape index (κ1) is 21.7. The Hall–Kier alpha value is -1.63. The Morgan fingerprint density at radius 3 is 2.63 bits per heavy atom. The fourth-order valence-electron chi connectivity index (χ4n) is 3.90. The van der Waals surface area contributed by atoms with Crippen LogP contribution in [0.15, 0.2) is 24.3 Å². The van der Waals surface area contributed by atoms with Crippen molar-refractivity contribution in [2.24, 2.45) is 5.92 Å². The van der Waals surface area contributed by atoms with Crippen molar-refractivity contribution in [2.75, 3.05) is 33.2 Å². The number of nitrogens with zero attached hydrogens (tertiary/aromatic N) is 1. The van der Waals surface area contributed by atoms with Crippen molar-refractivity contribution in [1.82, 2.24) is 20.9 Å². The van der Waals surface area contributed by atoms with Crippen molar-refractivity contribution in [3.05, 3.63) is 35.4 Å². The molecule has 0 aliphatic carbocycles. The number of carbonyl (C=O) groups excluding carboxylic acids is 2. The molecule has 2 atom stereocenters. The number of hydrogen-bond acceptors (Lipinski definition) is 4. The summed E-state index contributed by atoms with van der Waals surface area (Å²) in [5.41, 5.74) is 1.91. The molecule has 1 aromatic carbocycles. The Morgan fingerprint density at radius 1 is 1.19 bits per heavy atom. The number of carbonyl (C=O) groups is 2. The van der Waals surface area contributed by atoms with E-state index in [1.54, 1.807) is 7.05 Å². The number of rotatable bonds is 6. The van der Waals surface area contributed by atoms with Crippen LogP contribution in [0.3, 0.4) is 0 Å². The molecule has 2 amide bonds. The van der Waals surface area contributed by atoms with Gasteiger partial charge in [0, 0.05) is 32.2 Å². The van der Waals surface area contributed by atoms with Crippen molar-refractivity contribution in [3.8, 4) is 0 Å². The summed E-state index contributed by atoms with van der Waals surface area (Å²) in [4.78, 5) is 26.2. The minimum Gasteiger partial charge on any atom is -0.355 e. The third-order valence-electron chi connectivity index (χ3n) is 5.39. The number of amides is 2. The fraction of sp³-hybridized carbons (Fsp3) is 0.600. The SMILES string of the molecule is CNC(=O)c1ccc(CN2CCCC(CNC(=O)C3CCCN3)C2)cc1.Cl. The van der Waals surface area contributed by atoms with Crippen molar-refractivity contribution < 1.29 is 9.59 Å². The van der Waals surface area contributed by atoms with E-state index in [0.29, 0.717) is 11.5 Å². The molecule has 0 bridgehead atoms. The topological polar surface area (TPSA) is 73.5 Å². The van der Waals surface area contributed by atoms with E-state index in [2.05, 4.69) is 20.9 Å². The zero-order chi connectivity index (χ0) is 18.4. The zero-order valence-electron chi connectivity index (χ0n) is 16.0. The normalized spacial score (nSPS) is 22.7. The highest BCUT2D eigenvalue weighted by Crippen LogP contribution is 2.18. The Balaban J connectivity index is 0.00000261. The van der Waals surface area contributed by atoms with Crippen LogP contribution in [0.1, 0.15) is 41.6 Å². The highest BCUT2D eigenvalue weighted by Gasteiger charge is 2.24. The summed E-state index contributed by atoms with van der Waals surface area (Å²) in [6.07, 6.45) is 4.38. The van der Waals surface area contributed by atoms with E-state index < -0.39 is 0 Å². The fourth-order valence-corrected chi connectivity index (χ4v) is 3.90. The third-order valence-corrected chi connectivity index (χ3v) is 5.39. The van der Waals surface area contributed by atoms with Crippen LogP contribution in [0.4, 0.5) is 0 Å². The molecule has 3 N–H and O–H groups in total. The molecule has 0 aromatic heterocycles. The van der Waals surface area contributed by atoms with Crippen LogP contribution in [0.25, 0.3) is 0 Å². The monoisotopic (exact) mass is 394 g/mol. The van der Waals surface area contributed by atoms with Crippen LogP contribution in [-0.2, 0) is 11.3 Å². The highest BCUT2D eigenvalue weighted by atomic mass is 35.5. The first-order valence-electron chi connectivity index (χ1n) is 9.70. The van der Waals surface area contributed by atoms with Gasteiger partial charge in [0.1, 0.15) is 0 Å². The van der Waals surface area contributed by atoms with Gasteiger partial charge >= 0.3 is 0 Å². The Bertz CT molecular complexity index is 617. The van der Waals surface area contributed by atoms with Gasteiger partial charge in [0.15, 0.2) is 0 Å². The van der Waals surface area contributed by atoms with Crippen LogP contribution in [-0.4, -0.2) is 56.0 Å². The van der Waals surface area contributed by atoms with Gasteiger partial charge in [-0.3, -0.25) is 14.5 Å². The lowest BCUT2D eigenvalue weighted by Gasteiger charge is -2.33. The number of halogens is 1.